The number of amides is 1. The summed E-state index contributed by atoms with van der Waals surface area (Å²) >= 11 is 0. The van der Waals surface area contributed by atoms with E-state index < -0.39 is 0 Å². The number of terminal acetylenes is 1. The number of nitrogens with two attached hydrogens (primary N) is 1. The van der Waals surface area contributed by atoms with E-state index in [2.05, 4.69) is 35.6 Å². The second-order valence-electron chi connectivity index (χ2n) is 8.25. The van der Waals surface area contributed by atoms with Gasteiger partial charge < -0.3 is 15.4 Å². The van der Waals surface area contributed by atoms with Crippen molar-refractivity contribution in [2.75, 3.05) is 26.7 Å². The molecule has 1 saturated heterocycles. The molecular formula is C25H30N4O2. The minimum Gasteiger partial charge on any atom is -0.496 e. The van der Waals surface area contributed by atoms with E-state index in [1.165, 1.54) is 6.20 Å². The van der Waals surface area contributed by atoms with E-state index in [0.717, 1.165) is 55.0 Å². The molecule has 0 spiro atoms. The van der Waals surface area contributed by atoms with Crippen LogP contribution < -0.4 is 5.73 Å². The molecule has 0 radical (unpaired) electrons. The number of carbonyl (C=O) groups is 1. The van der Waals surface area contributed by atoms with Gasteiger partial charge in [0.05, 0.1) is 19.2 Å². The summed E-state index contributed by atoms with van der Waals surface area (Å²) in [4.78, 5) is 15.0. The minimum atomic E-state index is -0.0749. The van der Waals surface area contributed by atoms with Gasteiger partial charge in [0, 0.05) is 43.1 Å². The van der Waals surface area contributed by atoms with Crippen LogP contribution in [-0.4, -0.2) is 59.7 Å². The van der Waals surface area contributed by atoms with Gasteiger partial charge in [-0.05, 0) is 30.9 Å². The predicted molar refractivity (Wildman–Crippen MR) is 122 cm³/mol. The summed E-state index contributed by atoms with van der Waals surface area (Å²) < 4.78 is 5.85. The molecule has 0 aromatic carbocycles. The molecule has 3 atom stereocenters. The van der Waals surface area contributed by atoms with Crippen molar-refractivity contribution in [3.8, 4) is 12.3 Å². The molecule has 162 valence electrons. The van der Waals surface area contributed by atoms with E-state index >= 15 is 0 Å². The molecule has 2 N–H and O–H groups in total. The quantitative estimate of drug-likeness (QED) is 0.695. The van der Waals surface area contributed by atoms with Crippen LogP contribution >= 0.6 is 0 Å². The summed E-state index contributed by atoms with van der Waals surface area (Å²) in [6.45, 7) is 6.35. The average Bonchev–Trinajstić information content (AvgIpc) is 3.23. The Morgan fingerprint density at radius 1 is 1.45 bits per heavy atom. The third-order valence-electron chi connectivity index (χ3n) is 6.52. The van der Waals surface area contributed by atoms with Gasteiger partial charge in [0.1, 0.15) is 11.8 Å². The van der Waals surface area contributed by atoms with Crippen LogP contribution in [0.4, 0.5) is 0 Å². The van der Waals surface area contributed by atoms with E-state index in [1.54, 1.807) is 11.1 Å². The van der Waals surface area contributed by atoms with Crippen LogP contribution in [0.25, 0.3) is 0 Å². The van der Waals surface area contributed by atoms with Gasteiger partial charge in [-0.2, -0.15) is 0 Å². The number of nitrogens with zero attached hydrogens (tertiary/aromatic N) is 3. The number of allylic oxidation sites excluding steroid dienone is 4. The molecule has 1 amide bonds. The fourth-order valence-electron chi connectivity index (χ4n) is 4.88. The number of hydrogen-bond donors (Lipinski definition) is 1. The van der Waals surface area contributed by atoms with Crippen LogP contribution in [0.15, 0.2) is 71.8 Å². The van der Waals surface area contributed by atoms with Gasteiger partial charge in [-0.3, -0.25) is 9.80 Å². The summed E-state index contributed by atoms with van der Waals surface area (Å²) in [7, 11) is 1.93. The van der Waals surface area contributed by atoms with E-state index in [1.807, 2.05) is 24.2 Å². The molecule has 0 aromatic rings. The topological polar surface area (TPSA) is 62.0 Å². The minimum absolute atomic E-state index is 0.0486. The lowest BCUT2D eigenvalue weighted by atomic mass is 9.83. The molecule has 0 saturated carbocycles. The Kier molecular flexibility index (Phi) is 6.06. The fourth-order valence-corrected chi connectivity index (χ4v) is 4.88. The Morgan fingerprint density at radius 2 is 2.29 bits per heavy atom. The van der Waals surface area contributed by atoms with Crippen molar-refractivity contribution in [3.05, 3.63) is 71.8 Å². The molecule has 0 aromatic heterocycles. The maximum absolute atomic E-state index is 12.7. The van der Waals surface area contributed by atoms with E-state index in [4.69, 9.17) is 16.9 Å². The van der Waals surface area contributed by atoms with Gasteiger partial charge in [-0.15, -0.1) is 6.42 Å². The summed E-state index contributed by atoms with van der Waals surface area (Å²) in [6, 6.07) is 0.0887. The number of hydrazine groups is 1. The molecule has 4 aliphatic rings. The fraction of sp³-hybridized carbons (Fsp3) is 0.400. The first kappa shape index (κ1) is 21.1. The summed E-state index contributed by atoms with van der Waals surface area (Å²) in [5.74, 6) is 3.84. The van der Waals surface area contributed by atoms with Crippen LogP contribution in [0.1, 0.15) is 19.3 Å². The van der Waals surface area contributed by atoms with Crippen LogP contribution in [-0.2, 0) is 9.53 Å². The van der Waals surface area contributed by atoms with Gasteiger partial charge in [-0.25, -0.2) is 5.01 Å². The zero-order valence-electron chi connectivity index (χ0n) is 18.0. The molecular weight excluding hydrogens is 388 g/mol. The van der Waals surface area contributed by atoms with Crippen molar-refractivity contribution in [2.24, 2.45) is 11.7 Å². The smallest absolute Gasteiger partial charge is 0.261 e. The zero-order valence-corrected chi connectivity index (χ0v) is 18.0. The van der Waals surface area contributed by atoms with Crippen molar-refractivity contribution < 1.29 is 9.53 Å². The zero-order chi connectivity index (χ0) is 22.0. The average molecular weight is 419 g/mol. The third-order valence-corrected chi connectivity index (χ3v) is 6.52. The van der Waals surface area contributed by atoms with E-state index in [9.17, 15) is 4.79 Å². The van der Waals surface area contributed by atoms with E-state index in [0.29, 0.717) is 6.54 Å². The first-order chi connectivity index (χ1) is 15.0. The summed E-state index contributed by atoms with van der Waals surface area (Å²) in [5, 5.41) is 3.70. The van der Waals surface area contributed by atoms with Crippen molar-refractivity contribution in [1.29, 1.82) is 0 Å². The molecule has 3 heterocycles. The van der Waals surface area contributed by atoms with Crippen molar-refractivity contribution >= 4 is 5.91 Å². The molecule has 6 heteroatoms. The molecule has 4 rings (SSSR count). The highest BCUT2D eigenvalue weighted by Gasteiger charge is 2.39. The Bertz CT molecular complexity index is 949. The largest absolute Gasteiger partial charge is 0.496 e. The van der Waals surface area contributed by atoms with Gasteiger partial charge in [0.15, 0.2) is 0 Å². The number of carbonyl (C=O) groups excluding carboxylic acids is 1. The molecule has 1 aliphatic carbocycles. The molecule has 6 nitrogen and oxygen atoms in total. The molecule has 0 bridgehead atoms. The maximum Gasteiger partial charge on any atom is 0.261 e. The van der Waals surface area contributed by atoms with E-state index in [-0.39, 0.29) is 23.9 Å². The Labute approximate surface area is 184 Å². The number of rotatable bonds is 5. The van der Waals surface area contributed by atoms with Crippen LogP contribution in [0.2, 0.25) is 0 Å². The Balaban J connectivity index is 1.47. The first-order valence-electron chi connectivity index (χ1n) is 10.8. The van der Waals surface area contributed by atoms with Gasteiger partial charge >= 0.3 is 0 Å². The highest BCUT2D eigenvalue weighted by Crippen LogP contribution is 2.38. The van der Waals surface area contributed by atoms with Crippen LogP contribution in [0, 0.1) is 18.3 Å². The summed E-state index contributed by atoms with van der Waals surface area (Å²) in [5.41, 5.74) is 8.50. The lowest BCUT2D eigenvalue weighted by Gasteiger charge is -2.41. The monoisotopic (exact) mass is 418 g/mol. The van der Waals surface area contributed by atoms with Crippen molar-refractivity contribution in [1.82, 2.24) is 14.9 Å². The number of fused-ring (bicyclic) bond motifs is 1. The number of likely N-dealkylation sites (N-methyl/N-ethyl adjacent to an activating group) is 1. The predicted octanol–water partition coefficient (Wildman–Crippen LogP) is 2.47. The maximum atomic E-state index is 12.7. The standard InChI is InChI=1S/C25H30N4O2/c1-4-19(16-26)20-8-7-9-22-21(20)13-14-28(22)18(2)17-29-25(30)12-11-23(27(29)3)24-10-5-6-15-31-24/h1,7-12,16,21-23H,2,5-6,13-15,17,26H2,3H3/b19-16+. The summed E-state index contributed by atoms with van der Waals surface area (Å²) in [6.07, 6.45) is 22.1. The normalized spacial score (nSPS) is 28.6. The number of likely N-dealkylation sites (tertiary alicyclic amines) is 1. The highest BCUT2D eigenvalue weighted by atomic mass is 16.5. The Morgan fingerprint density at radius 3 is 3.00 bits per heavy atom. The molecule has 3 unspecified atom stereocenters. The molecule has 1 fully saturated rings. The van der Waals surface area contributed by atoms with Crippen LogP contribution in [0.3, 0.4) is 0 Å². The lowest BCUT2D eigenvalue weighted by molar-refractivity contribution is -0.145. The van der Waals surface area contributed by atoms with Crippen molar-refractivity contribution in [3.63, 3.8) is 0 Å². The SMILES string of the molecule is C#C/C(=C\N)C1=CC=CC2C1CCN2C(=C)CN1C(=O)C=CC(C2=CCCCO2)N1C. The second-order valence-corrected chi connectivity index (χ2v) is 8.25. The Hall–Kier alpha value is -3.17. The molecule has 3 aliphatic heterocycles. The van der Waals surface area contributed by atoms with Gasteiger partial charge in [0.25, 0.3) is 5.91 Å². The van der Waals surface area contributed by atoms with Crippen LogP contribution in [0.5, 0.6) is 0 Å². The highest BCUT2D eigenvalue weighted by molar-refractivity contribution is 5.88. The van der Waals surface area contributed by atoms with Crippen molar-refractivity contribution in [2.45, 2.75) is 31.3 Å². The van der Waals surface area contributed by atoms with Gasteiger partial charge in [-0.1, -0.05) is 36.8 Å². The number of hydrogen-bond acceptors (Lipinski definition) is 5. The van der Waals surface area contributed by atoms with Gasteiger partial charge in [0.2, 0.25) is 0 Å². The second kappa shape index (κ2) is 8.91. The third kappa shape index (κ3) is 3.94. The molecule has 31 heavy (non-hydrogen) atoms. The lowest BCUT2D eigenvalue weighted by Crippen LogP contribution is -2.53. The first-order valence-corrected chi connectivity index (χ1v) is 10.8. The number of ether oxygens (including phenoxy) is 1.